The fourth-order valence-corrected chi connectivity index (χ4v) is 2.44. The molecule has 0 aliphatic carbocycles. The highest BCUT2D eigenvalue weighted by molar-refractivity contribution is 6.31. The van der Waals surface area contributed by atoms with Crippen molar-refractivity contribution >= 4 is 34.8 Å². The fraction of sp³-hybridized carbons (Fsp3) is 0.235. The number of halogens is 2. The molecule has 0 spiro atoms. The Balaban J connectivity index is 1.75. The minimum Gasteiger partial charge on any atom is -0.325 e. The molecule has 1 amide bonds. The van der Waals surface area contributed by atoms with E-state index in [2.05, 4.69) is 10.6 Å². The van der Waals surface area contributed by atoms with Crippen LogP contribution in [0.4, 0.5) is 5.69 Å². The van der Waals surface area contributed by atoms with Gasteiger partial charge in [0.25, 0.3) is 0 Å². The predicted molar refractivity (Wildman–Crippen MR) is 92.8 cm³/mol. The molecule has 0 radical (unpaired) electrons. The Hall–Kier alpha value is -1.55. The van der Waals surface area contributed by atoms with Crippen LogP contribution in [0.25, 0.3) is 0 Å². The normalized spacial score (nSPS) is 10.5. The zero-order valence-corrected chi connectivity index (χ0v) is 13.8. The van der Waals surface area contributed by atoms with E-state index in [4.69, 9.17) is 23.2 Å². The van der Waals surface area contributed by atoms with Crippen LogP contribution in [0.5, 0.6) is 0 Å². The van der Waals surface area contributed by atoms with E-state index in [9.17, 15) is 4.79 Å². The zero-order valence-electron chi connectivity index (χ0n) is 12.3. The van der Waals surface area contributed by atoms with E-state index in [1.165, 1.54) is 0 Å². The molecule has 2 N–H and O–H groups in total. The van der Waals surface area contributed by atoms with E-state index in [-0.39, 0.29) is 12.5 Å². The van der Waals surface area contributed by atoms with Crippen LogP contribution in [-0.4, -0.2) is 19.0 Å². The highest BCUT2D eigenvalue weighted by Gasteiger charge is 2.05. The topological polar surface area (TPSA) is 41.1 Å². The molecule has 0 aliphatic rings. The molecule has 0 bridgehead atoms. The van der Waals surface area contributed by atoms with Crippen LogP contribution >= 0.6 is 23.2 Å². The average molecular weight is 337 g/mol. The van der Waals surface area contributed by atoms with Gasteiger partial charge in [-0.05, 0) is 55.3 Å². The standard InChI is InChI=1S/C17H18Cl2N2O/c1-12-5-6-15(19)10-16(12)21-17(22)11-20-8-7-13-3-2-4-14(18)9-13/h2-6,9-10,20H,7-8,11H2,1H3,(H,21,22). The first kappa shape index (κ1) is 16.8. The van der Waals surface area contributed by atoms with Gasteiger partial charge in [0, 0.05) is 15.7 Å². The van der Waals surface area contributed by atoms with Crippen LogP contribution in [0.3, 0.4) is 0 Å². The first-order valence-electron chi connectivity index (χ1n) is 7.06. The highest BCUT2D eigenvalue weighted by Crippen LogP contribution is 2.19. The van der Waals surface area contributed by atoms with Crippen LogP contribution in [0.1, 0.15) is 11.1 Å². The molecule has 0 heterocycles. The van der Waals surface area contributed by atoms with Crippen LogP contribution in [-0.2, 0) is 11.2 Å². The molecule has 0 saturated carbocycles. The first-order chi connectivity index (χ1) is 10.5. The van der Waals surface area contributed by atoms with Crippen LogP contribution in [0.15, 0.2) is 42.5 Å². The minimum absolute atomic E-state index is 0.0866. The molecule has 0 aliphatic heterocycles. The number of hydrogen-bond donors (Lipinski definition) is 2. The maximum atomic E-state index is 11.9. The lowest BCUT2D eigenvalue weighted by atomic mass is 10.1. The van der Waals surface area contributed by atoms with Gasteiger partial charge in [0.2, 0.25) is 5.91 Å². The number of nitrogens with one attached hydrogen (secondary N) is 2. The second kappa shape index (κ2) is 8.18. The molecule has 0 saturated heterocycles. The molecule has 0 unspecified atom stereocenters. The Morgan fingerprint density at radius 3 is 2.64 bits per heavy atom. The number of carbonyl (C=O) groups is 1. The first-order valence-corrected chi connectivity index (χ1v) is 7.81. The van der Waals surface area contributed by atoms with Gasteiger partial charge in [-0.15, -0.1) is 0 Å². The van der Waals surface area contributed by atoms with Crippen molar-refractivity contribution in [2.75, 3.05) is 18.4 Å². The second-order valence-electron chi connectivity index (χ2n) is 5.06. The maximum Gasteiger partial charge on any atom is 0.238 e. The van der Waals surface area contributed by atoms with Crippen molar-refractivity contribution < 1.29 is 4.79 Å². The Labute approximate surface area is 140 Å². The van der Waals surface area contributed by atoms with Crippen molar-refractivity contribution in [2.24, 2.45) is 0 Å². The molecule has 22 heavy (non-hydrogen) atoms. The number of rotatable bonds is 6. The minimum atomic E-state index is -0.0866. The number of anilines is 1. The molecule has 2 rings (SSSR count). The third-order valence-electron chi connectivity index (χ3n) is 3.24. The predicted octanol–water partition coefficient (Wildman–Crippen LogP) is 4.07. The molecule has 116 valence electrons. The van der Waals surface area contributed by atoms with Gasteiger partial charge in [-0.3, -0.25) is 4.79 Å². The summed E-state index contributed by atoms with van der Waals surface area (Å²) in [5, 5.41) is 7.31. The summed E-state index contributed by atoms with van der Waals surface area (Å²) in [6.07, 6.45) is 0.823. The summed E-state index contributed by atoms with van der Waals surface area (Å²) in [5.41, 5.74) is 2.87. The van der Waals surface area contributed by atoms with Gasteiger partial charge in [-0.1, -0.05) is 41.4 Å². The average Bonchev–Trinajstić information content (AvgIpc) is 2.48. The molecular weight excluding hydrogens is 319 g/mol. The number of aryl methyl sites for hydroxylation is 1. The Morgan fingerprint density at radius 2 is 1.86 bits per heavy atom. The van der Waals surface area contributed by atoms with Gasteiger partial charge in [0.1, 0.15) is 0 Å². The largest absolute Gasteiger partial charge is 0.325 e. The van der Waals surface area contributed by atoms with Gasteiger partial charge in [0.15, 0.2) is 0 Å². The van der Waals surface area contributed by atoms with Gasteiger partial charge in [0.05, 0.1) is 6.54 Å². The highest BCUT2D eigenvalue weighted by atomic mass is 35.5. The SMILES string of the molecule is Cc1ccc(Cl)cc1NC(=O)CNCCc1cccc(Cl)c1. The number of carbonyl (C=O) groups excluding carboxylic acids is 1. The lowest BCUT2D eigenvalue weighted by Gasteiger charge is -2.09. The molecule has 2 aromatic carbocycles. The summed E-state index contributed by atoms with van der Waals surface area (Å²) < 4.78 is 0. The third kappa shape index (κ3) is 5.34. The summed E-state index contributed by atoms with van der Waals surface area (Å²) >= 11 is 11.9. The summed E-state index contributed by atoms with van der Waals surface area (Å²) in [7, 11) is 0. The number of hydrogen-bond acceptors (Lipinski definition) is 2. The fourth-order valence-electron chi connectivity index (χ4n) is 2.05. The zero-order chi connectivity index (χ0) is 15.9. The van der Waals surface area contributed by atoms with Crippen molar-refractivity contribution in [1.29, 1.82) is 0 Å². The second-order valence-corrected chi connectivity index (χ2v) is 5.94. The molecule has 0 fully saturated rings. The summed E-state index contributed by atoms with van der Waals surface area (Å²) in [6, 6.07) is 13.1. The lowest BCUT2D eigenvalue weighted by Crippen LogP contribution is -2.29. The maximum absolute atomic E-state index is 11.9. The molecule has 0 atom stereocenters. The summed E-state index contributed by atoms with van der Waals surface area (Å²) in [4.78, 5) is 11.9. The lowest BCUT2D eigenvalue weighted by molar-refractivity contribution is -0.115. The van der Waals surface area contributed by atoms with Crippen molar-refractivity contribution in [3.63, 3.8) is 0 Å². The van der Waals surface area contributed by atoms with E-state index in [0.29, 0.717) is 11.6 Å². The smallest absolute Gasteiger partial charge is 0.238 e. The van der Waals surface area contributed by atoms with Gasteiger partial charge in [-0.25, -0.2) is 0 Å². The third-order valence-corrected chi connectivity index (χ3v) is 3.71. The van der Waals surface area contributed by atoms with Crippen molar-refractivity contribution in [3.05, 3.63) is 63.6 Å². The Kier molecular flexibility index (Phi) is 6.25. The van der Waals surface area contributed by atoms with Crippen molar-refractivity contribution in [3.8, 4) is 0 Å². The van der Waals surface area contributed by atoms with Crippen molar-refractivity contribution in [2.45, 2.75) is 13.3 Å². The number of amides is 1. The van der Waals surface area contributed by atoms with Crippen LogP contribution < -0.4 is 10.6 Å². The molecular formula is C17H18Cl2N2O. The van der Waals surface area contributed by atoms with E-state index >= 15 is 0 Å². The van der Waals surface area contributed by atoms with Crippen molar-refractivity contribution in [1.82, 2.24) is 5.32 Å². The Bertz CT molecular complexity index is 659. The van der Waals surface area contributed by atoms with Gasteiger partial charge < -0.3 is 10.6 Å². The Morgan fingerprint density at radius 1 is 1.09 bits per heavy atom. The van der Waals surface area contributed by atoms with Gasteiger partial charge >= 0.3 is 0 Å². The van der Waals surface area contributed by atoms with Crippen LogP contribution in [0, 0.1) is 6.92 Å². The molecule has 0 aromatic heterocycles. The van der Waals surface area contributed by atoms with E-state index in [1.54, 1.807) is 12.1 Å². The molecule has 2 aromatic rings. The van der Waals surface area contributed by atoms with Crippen LogP contribution in [0.2, 0.25) is 10.0 Å². The monoisotopic (exact) mass is 336 g/mol. The van der Waals surface area contributed by atoms with Gasteiger partial charge in [-0.2, -0.15) is 0 Å². The van der Waals surface area contributed by atoms with E-state index < -0.39 is 0 Å². The summed E-state index contributed by atoms with van der Waals surface area (Å²) in [6.45, 7) is 2.90. The molecule has 3 nitrogen and oxygen atoms in total. The quantitative estimate of drug-likeness (QED) is 0.780. The molecule has 5 heteroatoms. The van der Waals surface area contributed by atoms with E-state index in [0.717, 1.165) is 28.3 Å². The number of benzene rings is 2. The summed E-state index contributed by atoms with van der Waals surface area (Å²) in [5.74, 6) is -0.0866. The van der Waals surface area contributed by atoms with E-state index in [1.807, 2.05) is 37.3 Å².